The van der Waals surface area contributed by atoms with Gasteiger partial charge in [0.15, 0.2) is 0 Å². The van der Waals surface area contributed by atoms with E-state index in [1.165, 1.54) is 24.6 Å². The Hall–Kier alpha value is -4.67. The van der Waals surface area contributed by atoms with Gasteiger partial charge in [0, 0.05) is 32.3 Å². The second kappa shape index (κ2) is 11.2. The Bertz CT molecular complexity index is 1380. The molecule has 1 atom stereocenters. The fourth-order valence-electron chi connectivity index (χ4n) is 3.75. The third kappa shape index (κ3) is 6.06. The predicted octanol–water partition coefficient (Wildman–Crippen LogP) is 0.422. The number of nitrogens with zero attached hydrogens (tertiary/aromatic N) is 1. The van der Waals surface area contributed by atoms with Gasteiger partial charge in [-0.25, -0.2) is 0 Å². The minimum atomic E-state index is -1.30. The molecule has 1 aromatic heterocycles. The van der Waals surface area contributed by atoms with E-state index < -0.39 is 47.2 Å². The molecule has 0 spiro atoms. The summed E-state index contributed by atoms with van der Waals surface area (Å²) in [4.78, 5) is 60.2. The quantitative estimate of drug-likeness (QED) is 0.287. The third-order valence-electron chi connectivity index (χ3n) is 5.50. The van der Waals surface area contributed by atoms with E-state index in [0.717, 1.165) is 5.56 Å². The van der Waals surface area contributed by atoms with Crippen LogP contribution in [-0.4, -0.2) is 51.1 Å². The van der Waals surface area contributed by atoms with E-state index >= 15 is 0 Å². The number of fused-ring (bicyclic) bond motifs is 1. The number of benzene rings is 2. The molecule has 5 N–H and O–H groups in total. The molecular weight excluding hydrogens is 468 g/mol. The minimum Gasteiger partial charge on any atom is -0.506 e. The second-order valence-electron chi connectivity index (χ2n) is 8.18. The van der Waals surface area contributed by atoms with Crippen molar-refractivity contribution in [3.63, 3.8) is 0 Å². The van der Waals surface area contributed by atoms with Gasteiger partial charge in [-0.05, 0) is 23.3 Å². The van der Waals surface area contributed by atoms with E-state index in [1.54, 1.807) is 12.1 Å². The van der Waals surface area contributed by atoms with Gasteiger partial charge in [0.2, 0.25) is 11.8 Å². The van der Waals surface area contributed by atoms with Crippen molar-refractivity contribution in [1.29, 1.82) is 0 Å². The van der Waals surface area contributed by atoms with Gasteiger partial charge >= 0.3 is 5.97 Å². The standard InChI is InChI=1S/C25H26N4O7/c1-14(30)28-18(11-15-6-4-3-5-7-15)23(34)26-12-16-8-9-19-17(10-16)22(33)21(25(36)29(19)2)24(35)27-13-20(31)32/h3-10,18,33H,11-13H2,1-2H3,(H,26,34)(H,27,35)(H,28,30)(H,31,32)/t18-/m0/s1. The van der Waals surface area contributed by atoms with Crippen molar-refractivity contribution in [3.05, 3.63) is 75.6 Å². The largest absolute Gasteiger partial charge is 0.506 e. The van der Waals surface area contributed by atoms with Gasteiger partial charge in [-0.15, -0.1) is 0 Å². The van der Waals surface area contributed by atoms with Crippen LogP contribution in [0.3, 0.4) is 0 Å². The summed E-state index contributed by atoms with van der Waals surface area (Å²) in [5.41, 5.74) is 0.395. The number of carbonyl (C=O) groups is 4. The van der Waals surface area contributed by atoms with Crippen LogP contribution in [-0.2, 0) is 34.4 Å². The SMILES string of the molecule is CC(=O)N[C@@H](Cc1ccccc1)C(=O)NCc1ccc2c(c1)c(O)c(C(=O)NCC(=O)O)c(=O)n2C. The summed E-state index contributed by atoms with van der Waals surface area (Å²) in [6.07, 6.45) is 0.293. The van der Waals surface area contributed by atoms with E-state index in [1.807, 2.05) is 30.3 Å². The highest BCUT2D eigenvalue weighted by atomic mass is 16.4. The minimum absolute atomic E-state index is 0.0441. The number of aryl methyl sites for hydroxylation is 1. The van der Waals surface area contributed by atoms with Gasteiger partial charge in [-0.1, -0.05) is 36.4 Å². The highest BCUT2D eigenvalue weighted by molar-refractivity contribution is 6.03. The maximum atomic E-state index is 12.8. The molecule has 0 radical (unpaired) electrons. The highest BCUT2D eigenvalue weighted by Gasteiger charge is 2.23. The number of hydrogen-bond acceptors (Lipinski definition) is 6. The van der Waals surface area contributed by atoms with E-state index in [0.29, 0.717) is 17.5 Å². The van der Waals surface area contributed by atoms with Crippen molar-refractivity contribution in [3.8, 4) is 5.75 Å². The van der Waals surface area contributed by atoms with Gasteiger partial charge in [-0.2, -0.15) is 0 Å². The van der Waals surface area contributed by atoms with E-state index in [2.05, 4.69) is 16.0 Å². The number of amides is 3. The molecule has 0 aliphatic heterocycles. The summed E-state index contributed by atoms with van der Waals surface area (Å²) in [6.45, 7) is 0.651. The van der Waals surface area contributed by atoms with E-state index in [9.17, 15) is 29.1 Å². The number of aromatic nitrogens is 1. The molecular formula is C25H26N4O7. The summed E-state index contributed by atoms with van der Waals surface area (Å²) >= 11 is 0. The molecule has 0 unspecified atom stereocenters. The number of aliphatic carboxylic acids is 1. The number of carboxylic acids is 1. The zero-order valence-corrected chi connectivity index (χ0v) is 19.7. The van der Waals surface area contributed by atoms with Crippen molar-refractivity contribution < 1.29 is 29.4 Å². The Kier molecular flexibility index (Phi) is 8.05. The summed E-state index contributed by atoms with van der Waals surface area (Å²) in [5.74, 6) is -3.67. The molecule has 11 heteroatoms. The summed E-state index contributed by atoms with van der Waals surface area (Å²) < 4.78 is 1.17. The number of aromatic hydroxyl groups is 1. The monoisotopic (exact) mass is 494 g/mol. The molecule has 2 aromatic carbocycles. The van der Waals surface area contributed by atoms with Gasteiger partial charge in [0.05, 0.1) is 5.52 Å². The van der Waals surface area contributed by atoms with Crippen molar-refractivity contribution in [2.75, 3.05) is 6.54 Å². The molecule has 0 saturated carbocycles. The lowest BCUT2D eigenvalue weighted by Gasteiger charge is -2.18. The van der Waals surface area contributed by atoms with E-state index in [4.69, 9.17) is 5.11 Å². The van der Waals surface area contributed by atoms with Gasteiger partial charge in [-0.3, -0.25) is 24.0 Å². The van der Waals surface area contributed by atoms with Crippen LogP contribution in [0.4, 0.5) is 0 Å². The molecule has 0 fully saturated rings. The Balaban J connectivity index is 1.84. The normalized spacial score (nSPS) is 11.5. The van der Waals surface area contributed by atoms with Crippen LogP contribution < -0.4 is 21.5 Å². The topological polar surface area (TPSA) is 167 Å². The molecule has 0 aliphatic carbocycles. The maximum Gasteiger partial charge on any atom is 0.322 e. The summed E-state index contributed by atoms with van der Waals surface area (Å²) in [7, 11) is 1.42. The number of pyridine rings is 1. The number of nitrogens with one attached hydrogen (secondary N) is 3. The molecule has 3 amide bonds. The van der Waals surface area contributed by atoms with Crippen LogP contribution >= 0.6 is 0 Å². The number of carbonyl (C=O) groups excluding carboxylic acids is 3. The smallest absolute Gasteiger partial charge is 0.322 e. The molecule has 0 aliphatic rings. The first-order valence-corrected chi connectivity index (χ1v) is 11.0. The first-order chi connectivity index (χ1) is 17.1. The predicted molar refractivity (Wildman–Crippen MR) is 130 cm³/mol. The van der Waals surface area contributed by atoms with Crippen molar-refractivity contribution in [2.24, 2.45) is 7.05 Å². The second-order valence-corrected chi connectivity index (χ2v) is 8.18. The van der Waals surface area contributed by atoms with Crippen LogP contribution in [0.1, 0.15) is 28.4 Å². The third-order valence-corrected chi connectivity index (χ3v) is 5.50. The van der Waals surface area contributed by atoms with Gasteiger partial charge < -0.3 is 30.7 Å². The fourth-order valence-corrected chi connectivity index (χ4v) is 3.75. The van der Waals surface area contributed by atoms with Gasteiger partial charge in [0.25, 0.3) is 11.5 Å². The molecule has 11 nitrogen and oxygen atoms in total. The van der Waals surface area contributed by atoms with Crippen LogP contribution in [0.5, 0.6) is 5.75 Å². The molecule has 188 valence electrons. The number of rotatable bonds is 9. The molecule has 0 saturated heterocycles. The lowest BCUT2D eigenvalue weighted by molar-refractivity contribution is -0.135. The summed E-state index contributed by atoms with van der Waals surface area (Å²) in [6, 6.07) is 13.1. The van der Waals surface area contributed by atoms with Crippen LogP contribution in [0.15, 0.2) is 53.3 Å². The zero-order chi connectivity index (χ0) is 26.4. The van der Waals surface area contributed by atoms with Crippen LogP contribution in [0.25, 0.3) is 10.9 Å². The van der Waals surface area contributed by atoms with Crippen molar-refractivity contribution >= 4 is 34.6 Å². The van der Waals surface area contributed by atoms with Gasteiger partial charge in [0.1, 0.15) is 23.9 Å². The lowest BCUT2D eigenvalue weighted by Crippen LogP contribution is -2.47. The van der Waals surface area contributed by atoms with Crippen molar-refractivity contribution in [2.45, 2.75) is 25.9 Å². The first-order valence-electron chi connectivity index (χ1n) is 11.0. The Labute approximate surface area is 205 Å². The fraction of sp³-hybridized carbons (Fsp3) is 0.240. The lowest BCUT2D eigenvalue weighted by atomic mass is 10.0. The Morgan fingerprint density at radius 3 is 2.33 bits per heavy atom. The number of hydrogen-bond donors (Lipinski definition) is 5. The van der Waals surface area contributed by atoms with E-state index in [-0.39, 0.29) is 17.8 Å². The molecule has 36 heavy (non-hydrogen) atoms. The highest BCUT2D eigenvalue weighted by Crippen LogP contribution is 2.27. The number of carboxylic acid groups (broad SMARTS) is 1. The average molecular weight is 495 g/mol. The molecule has 3 rings (SSSR count). The van der Waals surface area contributed by atoms with Crippen molar-refractivity contribution in [1.82, 2.24) is 20.5 Å². The summed E-state index contributed by atoms with van der Waals surface area (Å²) in [5, 5.41) is 27.1. The molecule has 1 heterocycles. The zero-order valence-electron chi connectivity index (χ0n) is 19.7. The Morgan fingerprint density at radius 2 is 1.69 bits per heavy atom. The molecule has 0 bridgehead atoms. The Morgan fingerprint density at radius 1 is 1.00 bits per heavy atom. The van der Waals surface area contributed by atoms with Crippen LogP contribution in [0.2, 0.25) is 0 Å². The first kappa shape index (κ1) is 25.9. The molecule has 3 aromatic rings. The van der Waals surface area contributed by atoms with Crippen LogP contribution in [0, 0.1) is 0 Å². The maximum absolute atomic E-state index is 12.8. The average Bonchev–Trinajstić information content (AvgIpc) is 2.84.